The van der Waals surface area contributed by atoms with Gasteiger partial charge in [-0.05, 0) is 30.7 Å². The van der Waals surface area contributed by atoms with Crippen molar-refractivity contribution >= 4 is 11.3 Å². The van der Waals surface area contributed by atoms with Crippen LogP contribution < -0.4 is 5.32 Å². The van der Waals surface area contributed by atoms with Crippen molar-refractivity contribution in [2.75, 3.05) is 13.1 Å². The van der Waals surface area contributed by atoms with E-state index in [1.165, 1.54) is 19.3 Å². The van der Waals surface area contributed by atoms with Crippen LogP contribution in [-0.2, 0) is 6.54 Å². The van der Waals surface area contributed by atoms with Crippen LogP contribution in [0.15, 0.2) is 28.1 Å². The zero-order valence-corrected chi connectivity index (χ0v) is 12.2. The van der Waals surface area contributed by atoms with Crippen molar-refractivity contribution in [2.24, 2.45) is 0 Å². The zero-order valence-electron chi connectivity index (χ0n) is 11.4. The van der Waals surface area contributed by atoms with E-state index in [9.17, 15) is 0 Å². The molecule has 0 saturated carbocycles. The minimum absolute atomic E-state index is 0.672. The number of nitrogens with zero attached hydrogens (tertiary/aromatic N) is 2. The summed E-state index contributed by atoms with van der Waals surface area (Å²) in [4.78, 5) is 3.66. The van der Waals surface area contributed by atoms with Crippen molar-refractivity contribution in [3.8, 4) is 10.6 Å². The van der Waals surface area contributed by atoms with Crippen LogP contribution in [0.4, 0.5) is 0 Å². The predicted molar refractivity (Wildman–Crippen MR) is 79.7 cm³/mol. The van der Waals surface area contributed by atoms with Crippen LogP contribution in [0.25, 0.3) is 10.6 Å². The number of hydrogen-bond donors (Lipinski definition) is 1. The number of rotatable bonds is 3. The molecule has 4 rings (SSSR count). The first-order valence-electron chi connectivity index (χ1n) is 7.35. The molecule has 2 aromatic heterocycles. The fourth-order valence-electron chi connectivity index (χ4n) is 3.31. The molecular weight excluding hydrogens is 270 g/mol. The molecule has 2 atom stereocenters. The molecule has 2 bridgehead atoms. The Bertz CT molecular complexity index is 565. The summed E-state index contributed by atoms with van der Waals surface area (Å²) in [6, 6.07) is 7.61. The first-order valence-corrected chi connectivity index (χ1v) is 8.23. The van der Waals surface area contributed by atoms with E-state index in [1.54, 1.807) is 11.3 Å². The summed E-state index contributed by atoms with van der Waals surface area (Å²) in [6.07, 6.45) is 3.93. The fourth-order valence-corrected chi connectivity index (χ4v) is 3.98. The molecule has 106 valence electrons. The largest absolute Gasteiger partial charge is 0.355 e. The van der Waals surface area contributed by atoms with Gasteiger partial charge in [-0.1, -0.05) is 11.2 Å². The first kappa shape index (κ1) is 12.6. The molecule has 0 radical (unpaired) electrons. The lowest BCUT2D eigenvalue weighted by Crippen LogP contribution is -2.35. The van der Waals surface area contributed by atoms with E-state index in [0.717, 1.165) is 42.0 Å². The van der Waals surface area contributed by atoms with E-state index < -0.39 is 0 Å². The molecule has 0 spiro atoms. The molecule has 2 aliphatic heterocycles. The highest BCUT2D eigenvalue weighted by Gasteiger charge is 2.29. The lowest BCUT2D eigenvalue weighted by atomic mass is 10.1. The van der Waals surface area contributed by atoms with Crippen LogP contribution in [0.2, 0.25) is 0 Å². The molecular formula is C15H19N3OS. The molecule has 20 heavy (non-hydrogen) atoms. The number of aromatic nitrogens is 1. The van der Waals surface area contributed by atoms with Gasteiger partial charge in [0, 0.05) is 37.8 Å². The third-order valence-corrected chi connectivity index (χ3v) is 5.20. The van der Waals surface area contributed by atoms with E-state index in [4.69, 9.17) is 4.52 Å². The number of fused-ring (bicyclic) bond motifs is 2. The van der Waals surface area contributed by atoms with Crippen molar-refractivity contribution < 1.29 is 4.52 Å². The molecule has 5 heteroatoms. The molecule has 4 nitrogen and oxygen atoms in total. The highest BCUT2D eigenvalue weighted by Crippen LogP contribution is 2.26. The molecule has 4 heterocycles. The molecule has 2 saturated heterocycles. The van der Waals surface area contributed by atoms with Gasteiger partial charge in [-0.25, -0.2) is 0 Å². The van der Waals surface area contributed by atoms with Crippen molar-refractivity contribution in [3.63, 3.8) is 0 Å². The third-order valence-electron chi connectivity index (χ3n) is 4.32. The van der Waals surface area contributed by atoms with Gasteiger partial charge in [-0.3, -0.25) is 4.90 Å². The summed E-state index contributed by atoms with van der Waals surface area (Å²) in [5.74, 6) is 0.893. The summed E-state index contributed by atoms with van der Waals surface area (Å²) in [7, 11) is 0. The Balaban J connectivity index is 1.44. The first-order chi connectivity index (χ1) is 9.87. The van der Waals surface area contributed by atoms with Crippen molar-refractivity contribution in [2.45, 2.75) is 37.9 Å². The second-order valence-electron chi connectivity index (χ2n) is 5.82. The number of nitrogens with one attached hydrogen (secondary N) is 1. The quantitative estimate of drug-likeness (QED) is 0.943. The Kier molecular flexibility index (Phi) is 3.34. The van der Waals surface area contributed by atoms with E-state index in [0.29, 0.717) is 6.04 Å². The maximum Gasteiger partial charge on any atom is 0.177 e. The number of thiophene rings is 1. The molecule has 0 aliphatic carbocycles. The van der Waals surface area contributed by atoms with Gasteiger partial charge in [0.25, 0.3) is 0 Å². The van der Waals surface area contributed by atoms with Gasteiger partial charge in [-0.15, -0.1) is 11.3 Å². The van der Waals surface area contributed by atoms with Crippen molar-refractivity contribution in [1.29, 1.82) is 0 Å². The summed E-state index contributed by atoms with van der Waals surface area (Å²) < 4.78 is 5.46. The highest BCUT2D eigenvalue weighted by molar-refractivity contribution is 7.13. The Morgan fingerprint density at radius 2 is 2.30 bits per heavy atom. The maximum atomic E-state index is 5.46. The summed E-state index contributed by atoms with van der Waals surface area (Å²) in [5, 5.41) is 10.0. The molecule has 2 fully saturated rings. The van der Waals surface area contributed by atoms with Gasteiger partial charge in [0.15, 0.2) is 5.76 Å². The Morgan fingerprint density at radius 1 is 1.35 bits per heavy atom. The minimum atomic E-state index is 0.672. The van der Waals surface area contributed by atoms with Crippen LogP contribution in [-0.4, -0.2) is 35.2 Å². The Hall–Kier alpha value is -1.17. The third kappa shape index (κ3) is 2.53. The SMILES string of the molecule is c1csc(-c2cc(CN3CCC4CCC(C3)N4)no2)c1. The second kappa shape index (κ2) is 5.31. The summed E-state index contributed by atoms with van der Waals surface area (Å²) >= 11 is 1.69. The molecule has 2 aliphatic rings. The van der Waals surface area contributed by atoms with Crippen LogP contribution in [0, 0.1) is 0 Å². The number of hydrogen-bond acceptors (Lipinski definition) is 5. The van der Waals surface area contributed by atoms with E-state index in [-0.39, 0.29) is 0 Å². The van der Waals surface area contributed by atoms with Crippen molar-refractivity contribution in [3.05, 3.63) is 29.3 Å². The topological polar surface area (TPSA) is 41.3 Å². The van der Waals surface area contributed by atoms with Gasteiger partial charge in [-0.2, -0.15) is 0 Å². The van der Waals surface area contributed by atoms with Gasteiger partial charge in [0.1, 0.15) is 0 Å². The van der Waals surface area contributed by atoms with Gasteiger partial charge >= 0.3 is 0 Å². The van der Waals surface area contributed by atoms with Crippen LogP contribution in [0.3, 0.4) is 0 Å². The van der Waals surface area contributed by atoms with E-state index >= 15 is 0 Å². The molecule has 1 N–H and O–H groups in total. The molecule has 0 aromatic carbocycles. The average molecular weight is 289 g/mol. The van der Waals surface area contributed by atoms with Crippen LogP contribution in [0.5, 0.6) is 0 Å². The van der Waals surface area contributed by atoms with Crippen LogP contribution in [0.1, 0.15) is 25.0 Å². The predicted octanol–water partition coefficient (Wildman–Crippen LogP) is 2.73. The molecule has 0 amide bonds. The number of likely N-dealkylation sites (tertiary alicyclic amines) is 1. The standard InChI is InChI=1S/C15H19N3OS/c1-2-15(20-7-1)14-8-13(17-19-14)10-18-6-5-11-3-4-12(9-18)16-11/h1-2,7-8,11-12,16H,3-6,9-10H2. The zero-order chi connectivity index (χ0) is 13.4. The monoisotopic (exact) mass is 289 g/mol. The molecule has 2 unspecified atom stereocenters. The van der Waals surface area contributed by atoms with Crippen LogP contribution >= 0.6 is 11.3 Å². The van der Waals surface area contributed by atoms with E-state index in [1.807, 2.05) is 6.07 Å². The second-order valence-corrected chi connectivity index (χ2v) is 6.77. The summed E-state index contributed by atoms with van der Waals surface area (Å²) in [6.45, 7) is 3.20. The maximum absolute atomic E-state index is 5.46. The lowest BCUT2D eigenvalue weighted by molar-refractivity contribution is 0.243. The van der Waals surface area contributed by atoms with Crippen molar-refractivity contribution in [1.82, 2.24) is 15.4 Å². The normalized spacial score (nSPS) is 26.8. The highest BCUT2D eigenvalue weighted by atomic mass is 32.1. The Labute approximate surface area is 122 Å². The summed E-state index contributed by atoms with van der Waals surface area (Å²) in [5.41, 5.74) is 1.05. The minimum Gasteiger partial charge on any atom is -0.355 e. The van der Waals surface area contributed by atoms with E-state index in [2.05, 4.69) is 32.9 Å². The fraction of sp³-hybridized carbons (Fsp3) is 0.533. The van der Waals surface area contributed by atoms with Gasteiger partial charge in [0.05, 0.1) is 10.6 Å². The van der Waals surface area contributed by atoms with Gasteiger partial charge < -0.3 is 9.84 Å². The molecule has 2 aromatic rings. The van der Waals surface area contributed by atoms with Gasteiger partial charge in [0.2, 0.25) is 0 Å². The Morgan fingerprint density at radius 3 is 3.20 bits per heavy atom. The lowest BCUT2D eigenvalue weighted by Gasteiger charge is -2.22. The smallest absolute Gasteiger partial charge is 0.177 e. The average Bonchev–Trinajstić information content (AvgIpc) is 3.13.